The molecule has 0 radical (unpaired) electrons. The van der Waals surface area contributed by atoms with Gasteiger partial charge >= 0.3 is 5.97 Å². The molecule has 38 nitrogen and oxygen atoms in total. The maximum atomic E-state index is 15.1. The lowest BCUT2D eigenvalue weighted by Crippen LogP contribution is -2.69. The van der Waals surface area contributed by atoms with Gasteiger partial charge in [0.1, 0.15) is 115 Å². The van der Waals surface area contributed by atoms with E-state index in [1.54, 1.807) is 44.2 Å². The fourth-order valence-corrected chi connectivity index (χ4v) is 11.8. The molecule has 0 aromatic heterocycles. The molecule has 6 heterocycles. The van der Waals surface area contributed by atoms with Crippen LogP contribution in [0.25, 0.3) is 0 Å². The lowest BCUT2D eigenvalue weighted by atomic mass is 9.92. The van der Waals surface area contributed by atoms with Crippen LogP contribution in [0.15, 0.2) is 54.6 Å². The summed E-state index contributed by atoms with van der Waals surface area (Å²) in [5.41, 5.74) is 0.689. The van der Waals surface area contributed by atoms with E-state index in [2.05, 4.69) is 47.9 Å². The van der Waals surface area contributed by atoms with Crippen LogP contribution in [0, 0.1) is 10.8 Å². The lowest BCUT2D eigenvalue weighted by Gasteiger charge is -2.46. The number of carbonyl (C=O) groups is 7. The summed E-state index contributed by atoms with van der Waals surface area (Å²) in [5, 5.41) is 181. The predicted octanol–water partition coefficient (Wildman–Crippen LogP) is -11.8. The average Bonchev–Trinajstić information content (AvgIpc) is 1.47. The molecule has 0 saturated carbocycles. The standard InChI is InChI=1S/C58H84N12O26/c1-3-7-34(76)95-48-41(80)31(20-73)93-56(46(48)85)96-47-32(21-74)94-55(45(84)43(47)82)91-25-12-10-23(11-13-25)14-26-50(87)68-36(38(77)27-15-62-57(59)66-27)53(90)69-37(39(78)29-16-63-58(60)70(29)54-44(83)42(81)40(79)30(19-72)92-54)52(89)65-28(18-71)49(86)61-17-33(75)67-35(51(88)64-26)22(2)24-8-5-4-6-9-24/h4-6,8-13,22,26-32,35-48,54-56,71-74,77-85H,3,7,14-21H2,1-2H3,(H2,60,63)(H,61,86)(H,64,88)(H,65,89)(H,67,75)(H,68,87)(H,69,90)(H3,59,62,66). The average molecular weight is 1370 g/mol. The topological polar surface area (TPSA) is 597 Å². The molecule has 8 rings (SSSR count). The van der Waals surface area contributed by atoms with Gasteiger partial charge in [-0.1, -0.05) is 56.3 Å². The van der Waals surface area contributed by atoms with E-state index in [0.29, 0.717) is 12.0 Å². The van der Waals surface area contributed by atoms with Crippen molar-refractivity contribution < 1.29 is 128 Å². The molecule has 96 heavy (non-hydrogen) atoms. The number of benzene rings is 2. The molecule has 6 aliphatic rings. The second-order valence-electron chi connectivity index (χ2n) is 23.8. The van der Waals surface area contributed by atoms with E-state index < -0.39 is 246 Å². The zero-order chi connectivity index (χ0) is 70.0. The Kier molecular flexibility index (Phi) is 25.6. The number of esters is 1. The monoisotopic (exact) mass is 1360 g/mol. The van der Waals surface area contributed by atoms with Crippen molar-refractivity contribution in [3.05, 3.63) is 65.7 Å². The van der Waals surface area contributed by atoms with E-state index in [-0.39, 0.29) is 30.2 Å². The van der Waals surface area contributed by atoms with Gasteiger partial charge in [-0.25, -0.2) is 0 Å². The Morgan fingerprint density at radius 1 is 0.594 bits per heavy atom. The summed E-state index contributed by atoms with van der Waals surface area (Å²) in [6.45, 7) is -2.27. The third-order valence-electron chi connectivity index (χ3n) is 17.3. The number of aliphatic hydroxyl groups excluding tert-OH is 13. The van der Waals surface area contributed by atoms with Gasteiger partial charge in [-0.2, -0.15) is 0 Å². The van der Waals surface area contributed by atoms with Crippen LogP contribution >= 0.6 is 0 Å². The summed E-state index contributed by atoms with van der Waals surface area (Å²) < 4.78 is 34.0. The number of nitrogens with zero attached hydrogens (tertiary/aromatic N) is 1. The molecule has 25 unspecified atom stereocenters. The zero-order valence-corrected chi connectivity index (χ0v) is 51.8. The van der Waals surface area contributed by atoms with Gasteiger partial charge in [-0.05, 0) is 29.7 Å². The first-order chi connectivity index (χ1) is 45.7. The van der Waals surface area contributed by atoms with Crippen molar-refractivity contribution in [2.24, 2.45) is 0 Å². The molecule has 0 bridgehead atoms. The van der Waals surface area contributed by atoms with E-state index >= 15 is 9.59 Å². The molecule has 24 N–H and O–H groups in total. The van der Waals surface area contributed by atoms with Gasteiger partial charge in [-0.3, -0.25) is 44.4 Å². The van der Waals surface area contributed by atoms with Crippen LogP contribution in [0.4, 0.5) is 0 Å². The van der Waals surface area contributed by atoms with Gasteiger partial charge in [0.05, 0.1) is 45.1 Å². The van der Waals surface area contributed by atoms with Crippen molar-refractivity contribution in [3.8, 4) is 5.75 Å². The second kappa shape index (κ2) is 33.1. The van der Waals surface area contributed by atoms with Gasteiger partial charge in [0.2, 0.25) is 41.7 Å². The SMILES string of the molecule is CCCC(=O)OC1C(O)C(CO)OC(OC2C(CO)OC(Oc3ccc(CC4NC(=O)C(C(C)c5ccccc5)NC(=O)CNC(=O)C(CO)NC(=O)C(C(O)C5CNC(=N)N5C5OC(CO)C(O)C(O)C5O)NC(=O)C(C(O)C5CNC(=N)N5)NC4=O)cc3)C(O)C2O)C1O. The van der Waals surface area contributed by atoms with Crippen LogP contribution < -0.4 is 52.6 Å². The summed E-state index contributed by atoms with van der Waals surface area (Å²) in [5.74, 6) is -10.2. The largest absolute Gasteiger partial charge is 0.462 e. The number of ether oxygens (including phenoxy) is 6. The van der Waals surface area contributed by atoms with Gasteiger partial charge in [0, 0.05) is 31.8 Å². The fraction of sp³-hybridized carbons (Fsp3) is 0.638. The van der Waals surface area contributed by atoms with Gasteiger partial charge in [0.25, 0.3) is 0 Å². The minimum Gasteiger partial charge on any atom is -0.462 e. The van der Waals surface area contributed by atoms with Crippen LogP contribution in [0.1, 0.15) is 43.7 Å². The van der Waals surface area contributed by atoms with Crippen molar-refractivity contribution in [2.75, 3.05) is 46.1 Å². The minimum atomic E-state index is -2.37. The number of aliphatic hydroxyl groups is 13. The molecule has 2 aromatic carbocycles. The third kappa shape index (κ3) is 17.0. The molecule has 6 fully saturated rings. The highest BCUT2D eigenvalue weighted by Crippen LogP contribution is 2.33. The summed E-state index contributed by atoms with van der Waals surface area (Å²) in [6, 6.07) is 0.642. The van der Waals surface area contributed by atoms with Crippen LogP contribution in [-0.4, -0.2) is 317 Å². The molecule has 6 amide bonds. The number of rotatable bonds is 20. The van der Waals surface area contributed by atoms with E-state index in [9.17, 15) is 90.4 Å². The van der Waals surface area contributed by atoms with Crippen molar-refractivity contribution >= 4 is 53.3 Å². The number of amides is 6. The Hall–Kier alpha value is -7.61. The highest BCUT2D eigenvalue weighted by atomic mass is 16.7. The summed E-state index contributed by atoms with van der Waals surface area (Å²) in [7, 11) is 0. The third-order valence-corrected chi connectivity index (χ3v) is 17.3. The maximum absolute atomic E-state index is 15.1. The normalized spacial score (nSPS) is 36.1. The first kappa shape index (κ1) is 74.2. The fourth-order valence-electron chi connectivity index (χ4n) is 11.8. The van der Waals surface area contributed by atoms with Gasteiger partial charge in [-0.15, -0.1) is 0 Å². The summed E-state index contributed by atoms with van der Waals surface area (Å²) in [4.78, 5) is 100. The molecule has 38 heteroatoms. The van der Waals surface area contributed by atoms with Gasteiger partial charge < -0.3 is 148 Å². The molecule has 2 aromatic rings. The quantitative estimate of drug-likeness (QED) is 0.0547. The molecule has 532 valence electrons. The maximum Gasteiger partial charge on any atom is 0.306 e. The number of nitrogens with one attached hydrogen (secondary N) is 11. The molecular weight excluding hydrogens is 1280 g/mol. The van der Waals surface area contributed by atoms with Crippen molar-refractivity contribution in [1.82, 2.24) is 52.8 Å². The van der Waals surface area contributed by atoms with Crippen molar-refractivity contribution in [2.45, 2.75) is 186 Å². The van der Waals surface area contributed by atoms with Crippen molar-refractivity contribution in [1.29, 1.82) is 10.8 Å². The number of hydrogen-bond acceptors (Lipinski definition) is 28. The Morgan fingerprint density at radius 3 is 1.84 bits per heavy atom. The lowest BCUT2D eigenvalue weighted by molar-refractivity contribution is -0.353. The van der Waals surface area contributed by atoms with Crippen LogP contribution in [0.3, 0.4) is 0 Å². The number of guanidine groups is 2. The first-order valence-electron chi connectivity index (χ1n) is 30.9. The Bertz CT molecular complexity index is 3040. The Labute approximate surface area is 546 Å². The smallest absolute Gasteiger partial charge is 0.306 e. The van der Waals surface area contributed by atoms with Crippen LogP contribution in [0.2, 0.25) is 0 Å². The van der Waals surface area contributed by atoms with Crippen molar-refractivity contribution in [3.63, 3.8) is 0 Å². The number of hydrogen-bond donors (Lipinski definition) is 24. The van der Waals surface area contributed by atoms with E-state index in [0.717, 1.165) is 4.90 Å². The van der Waals surface area contributed by atoms with Crippen LogP contribution in [0.5, 0.6) is 5.75 Å². The summed E-state index contributed by atoms with van der Waals surface area (Å²) >= 11 is 0. The molecule has 6 saturated heterocycles. The highest BCUT2D eigenvalue weighted by Gasteiger charge is 2.55. The first-order valence-corrected chi connectivity index (χ1v) is 30.9. The van der Waals surface area contributed by atoms with E-state index in [1.807, 2.05) is 0 Å². The minimum absolute atomic E-state index is 0.0879. The highest BCUT2D eigenvalue weighted by molar-refractivity contribution is 5.98. The molecule has 0 aliphatic carbocycles. The molecule has 25 atom stereocenters. The second-order valence-corrected chi connectivity index (χ2v) is 23.8. The molecular formula is C58H84N12O26. The summed E-state index contributed by atoms with van der Waals surface area (Å²) in [6.07, 6.45) is -31.6. The Balaban J connectivity index is 1.09. The predicted molar refractivity (Wildman–Crippen MR) is 320 cm³/mol. The molecule has 6 aliphatic heterocycles. The molecule has 0 spiro atoms. The van der Waals surface area contributed by atoms with E-state index in [1.165, 1.54) is 24.3 Å². The van der Waals surface area contributed by atoms with E-state index in [4.69, 9.17) is 39.2 Å². The number of carbonyl (C=O) groups excluding carboxylic acids is 7. The zero-order valence-electron chi connectivity index (χ0n) is 51.8. The van der Waals surface area contributed by atoms with Gasteiger partial charge in [0.15, 0.2) is 30.5 Å². The Morgan fingerprint density at radius 2 is 1.21 bits per heavy atom. The van der Waals surface area contributed by atoms with Crippen LogP contribution in [-0.2, 0) is 63.7 Å².